The highest BCUT2D eigenvalue weighted by molar-refractivity contribution is 5.38. The molecule has 4 heteroatoms. The smallest absolute Gasteiger partial charge is 0.119 e. The summed E-state index contributed by atoms with van der Waals surface area (Å²) in [5, 5.41) is 12.8. The quantitative estimate of drug-likeness (QED) is 0.845. The highest BCUT2D eigenvalue weighted by Gasteiger charge is 1.98. The molecule has 4 nitrogen and oxygen atoms in total. The first-order valence-corrected chi connectivity index (χ1v) is 6.10. The van der Waals surface area contributed by atoms with Crippen molar-refractivity contribution in [2.75, 3.05) is 13.2 Å². The van der Waals surface area contributed by atoms with E-state index in [0.29, 0.717) is 6.61 Å². The number of rotatable bonds is 4. The molecule has 2 aromatic rings. The molecule has 0 atom stereocenters. The first-order valence-electron chi connectivity index (χ1n) is 6.10. The molecule has 0 unspecified atom stereocenters. The Hall–Kier alpha value is -2.25. The average Bonchev–Trinajstić information content (AvgIpc) is 2.84. The van der Waals surface area contributed by atoms with E-state index in [1.54, 1.807) is 6.20 Å². The molecule has 0 aliphatic rings. The summed E-state index contributed by atoms with van der Waals surface area (Å²) in [6.45, 7) is 3.19. The Labute approximate surface area is 112 Å². The molecule has 0 saturated carbocycles. The summed E-state index contributed by atoms with van der Waals surface area (Å²) in [6, 6.07) is 9.46. The van der Waals surface area contributed by atoms with Crippen LogP contribution in [0.1, 0.15) is 11.3 Å². The van der Waals surface area contributed by atoms with Crippen LogP contribution >= 0.6 is 0 Å². The van der Waals surface area contributed by atoms with Crippen LogP contribution in [0.25, 0.3) is 0 Å². The van der Waals surface area contributed by atoms with Gasteiger partial charge in [0.05, 0.1) is 6.54 Å². The third kappa shape index (κ3) is 3.87. The Morgan fingerprint density at radius 1 is 1.26 bits per heavy atom. The molecule has 19 heavy (non-hydrogen) atoms. The second-order valence-corrected chi connectivity index (χ2v) is 4.03. The summed E-state index contributed by atoms with van der Waals surface area (Å²) in [4.78, 5) is 0. The van der Waals surface area contributed by atoms with E-state index in [1.807, 2.05) is 41.9 Å². The zero-order valence-corrected chi connectivity index (χ0v) is 10.8. The molecule has 0 amide bonds. The summed E-state index contributed by atoms with van der Waals surface area (Å²) in [5.74, 6) is 6.25. The minimum absolute atomic E-state index is 0.124. The molecule has 1 aromatic heterocycles. The Morgan fingerprint density at radius 3 is 2.68 bits per heavy atom. The molecule has 2 rings (SSSR count). The molecule has 1 heterocycles. The average molecular weight is 256 g/mol. The van der Waals surface area contributed by atoms with Crippen molar-refractivity contribution in [3.05, 3.63) is 47.8 Å². The fourth-order valence-electron chi connectivity index (χ4n) is 1.66. The van der Waals surface area contributed by atoms with Crippen LogP contribution in [0.2, 0.25) is 0 Å². The number of hydrogen-bond donors (Lipinski definition) is 1. The minimum Gasteiger partial charge on any atom is -0.492 e. The number of hydrogen-bond acceptors (Lipinski definition) is 3. The predicted octanol–water partition coefficient (Wildman–Crippen LogP) is 1.61. The zero-order valence-electron chi connectivity index (χ0n) is 10.8. The van der Waals surface area contributed by atoms with Crippen molar-refractivity contribution < 1.29 is 9.84 Å². The number of aliphatic hydroxyl groups is 1. The molecule has 0 bridgehead atoms. The fourth-order valence-corrected chi connectivity index (χ4v) is 1.66. The Kier molecular flexibility index (Phi) is 4.60. The number of aryl methyl sites for hydroxylation is 1. The van der Waals surface area contributed by atoms with E-state index in [4.69, 9.17) is 9.84 Å². The summed E-state index contributed by atoms with van der Waals surface area (Å²) in [7, 11) is 0. The molecule has 0 fully saturated rings. The van der Waals surface area contributed by atoms with E-state index in [1.165, 1.54) is 0 Å². The summed E-state index contributed by atoms with van der Waals surface area (Å²) >= 11 is 0. The lowest BCUT2D eigenvalue weighted by molar-refractivity contribution is 0.290. The first kappa shape index (κ1) is 13.2. The van der Waals surface area contributed by atoms with Crippen molar-refractivity contribution in [1.29, 1.82) is 0 Å². The van der Waals surface area contributed by atoms with Crippen LogP contribution < -0.4 is 4.74 Å². The second kappa shape index (κ2) is 6.62. The maximum atomic E-state index is 8.60. The lowest BCUT2D eigenvalue weighted by atomic mass is 10.2. The molecule has 0 saturated heterocycles. The molecule has 0 spiro atoms. The van der Waals surface area contributed by atoms with Gasteiger partial charge >= 0.3 is 0 Å². The minimum atomic E-state index is -0.124. The van der Waals surface area contributed by atoms with Crippen LogP contribution in [0, 0.1) is 18.8 Å². The maximum absolute atomic E-state index is 8.60. The van der Waals surface area contributed by atoms with Crippen LogP contribution in [-0.2, 0) is 6.54 Å². The van der Waals surface area contributed by atoms with E-state index in [2.05, 4.69) is 16.9 Å². The summed E-state index contributed by atoms with van der Waals surface area (Å²) in [5.41, 5.74) is 1.99. The number of ether oxygens (including phenoxy) is 1. The van der Waals surface area contributed by atoms with Crippen LogP contribution in [0.5, 0.6) is 5.75 Å². The first-order chi connectivity index (χ1) is 9.29. The monoisotopic (exact) mass is 256 g/mol. The standard InChI is InChI=1S/C15H16N2O2/c1-13-8-9-16-17(13)10-12-19-15-6-4-14(5-7-15)3-2-11-18/h4-9,18H,10-12H2,1H3. The lowest BCUT2D eigenvalue weighted by Gasteiger charge is -2.07. The van der Waals surface area contributed by atoms with E-state index >= 15 is 0 Å². The number of nitrogens with zero attached hydrogens (tertiary/aromatic N) is 2. The third-order valence-corrected chi connectivity index (χ3v) is 2.67. The van der Waals surface area contributed by atoms with Crippen molar-refractivity contribution in [2.24, 2.45) is 0 Å². The van der Waals surface area contributed by atoms with Gasteiger partial charge in [0.15, 0.2) is 0 Å². The predicted molar refractivity (Wildman–Crippen MR) is 72.9 cm³/mol. The van der Waals surface area contributed by atoms with Gasteiger partial charge in [-0.25, -0.2) is 0 Å². The SMILES string of the molecule is Cc1ccnn1CCOc1ccc(C#CCO)cc1. The van der Waals surface area contributed by atoms with Crippen molar-refractivity contribution in [2.45, 2.75) is 13.5 Å². The van der Waals surface area contributed by atoms with Crippen LogP contribution in [0.3, 0.4) is 0 Å². The van der Waals surface area contributed by atoms with Gasteiger partial charge in [-0.15, -0.1) is 0 Å². The second-order valence-electron chi connectivity index (χ2n) is 4.03. The normalized spacial score (nSPS) is 9.79. The Balaban J connectivity index is 1.85. The number of aromatic nitrogens is 2. The molecule has 0 aliphatic carbocycles. The van der Waals surface area contributed by atoms with Gasteiger partial charge in [-0.3, -0.25) is 4.68 Å². The van der Waals surface area contributed by atoms with Gasteiger partial charge in [0.1, 0.15) is 19.0 Å². The highest BCUT2D eigenvalue weighted by atomic mass is 16.5. The van der Waals surface area contributed by atoms with Crippen molar-refractivity contribution in [1.82, 2.24) is 9.78 Å². The maximum Gasteiger partial charge on any atom is 0.119 e. The largest absolute Gasteiger partial charge is 0.492 e. The zero-order chi connectivity index (χ0) is 13.5. The fraction of sp³-hybridized carbons (Fsp3) is 0.267. The van der Waals surface area contributed by atoms with Crippen LogP contribution in [0.15, 0.2) is 36.5 Å². The van der Waals surface area contributed by atoms with Gasteiger partial charge in [-0.1, -0.05) is 11.8 Å². The van der Waals surface area contributed by atoms with Crippen LogP contribution in [-0.4, -0.2) is 28.1 Å². The van der Waals surface area contributed by atoms with Gasteiger partial charge < -0.3 is 9.84 Å². The van der Waals surface area contributed by atoms with Crippen LogP contribution in [0.4, 0.5) is 0 Å². The number of aliphatic hydroxyl groups excluding tert-OH is 1. The lowest BCUT2D eigenvalue weighted by Crippen LogP contribution is -2.10. The van der Waals surface area contributed by atoms with E-state index in [0.717, 1.165) is 23.6 Å². The van der Waals surface area contributed by atoms with E-state index < -0.39 is 0 Å². The van der Waals surface area contributed by atoms with E-state index in [-0.39, 0.29) is 6.61 Å². The molecular formula is C15H16N2O2. The van der Waals surface area contributed by atoms with Crippen molar-refractivity contribution in [3.8, 4) is 17.6 Å². The number of benzene rings is 1. The Bertz CT molecular complexity index is 576. The molecular weight excluding hydrogens is 240 g/mol. The summed E-state index contributed by atoms with van der Waals surface area (Å²) < 4.78 is 7.54. The summed E-state index contributed by atoms with van der Waals surface area (Å²) in [6.07, 6.45) is 1.78. The molecule has 1 aromatic carbocycles. The van der Waals surface area contributed by atoms with E-state index in [9.17, 15) is 0 Å². The molecule has 0 radical (unpaired) electrons. The Morgan fingerprint density at radius 2 is 2.05 bits per heavy atom. The molecule has 1 N–H and O–H groups in total. The molecule has 0 aliphatic heterocycles. The third-order valence-electron chi connectivity index (χ3n) is 2.67. The van der Waals surface area contributed by atoms with Crippen molar-refractivity contribution >= 4 is 0 Å². The molecule has 98 valence electrons. The van der Waals surface area contributed by atoms with Gasteiger partial charge in [-0.05, 0) is 37.3 Å². The van der Waals surface area contributed by atoms with Gasteiger partial charge in [0.25, 0.3) is 0 Å². The van der Waals surface area contributed by atoms with Gasteiger partial charge in [0.2, 0.25) is 0 Å². The van der Waals surface area contributed by atoms with Gasteiger partial charge in [-0.2, -0.15) is 5.10 Å². The van der Waals surface area contributed by atoms with Crippen molar-refractivity contribution in [3.63, 3.8) is 0 Å². The van der Waals surface area contributed by atoms with Gasteiger partial charge in [0, 0.05) is 17.5 Å². The topological polar surface area (TPSA) is 47.3 Å². The highest BCUT2D eigenvalue weighted by Crippen LogP contribution is 2.11.